The molecule has 2 heterocycles. The second-order valence-electron chi connectivity index (χ2n) is 4.85. The van der Waals surface area contributed by atoms with Crippen LogP contribution in [0, 0.1) is 0 Å². The first kappa shape index (κ1) is 15.7. The fourth-order valence-corrected chi connectivity index (χ4v) is 2.00. The van der Waals surface area contributed by atoms with Crippen molar-refractivity contribution in [3.63, 3.8) is 0 Å². The maximum Gasteiger partial charge on any atom is 0.416 e. The molecule has 1 N–H and O–H groups in total. The summed E-state index contributed by atoms with van der Waals surface area (Å²) in [5.74, 6) is -0.342. The number of rotatable bonds is 3. The van der Waals surface area contributed by atoms with Gasteiger partial charge in [-0.1, -0.05) is 11.2 Å². The van der Waals surface area contributed by atoms with E-state index in [-0.39, 0.29) is 11.4 Å². The van der Waals surface area contributed by atoms with Crippen molar-refractivity contribution in [3.8, 4) is 11.3 Å². The lowest BCUT2D eigenvalue weighted by atomic mass is 10.2. The minimum absolute atomic E-state index is 0.0146. The number of nitrogens with zero attached hydrogens (tertiary/aromatic N) is 2. The van der Waals surface area contributed by atoms with Crippen LogP contribution in [0.2, 0.25) is 0 Å². The second-order valence-corrected chi connectivity index (χ2v) is 4.85. The van der Waals surface area contributed by atoms with Gasteiger partial charge >= 0.3 is 6.18 Å². The van der Waals surface area contributed by atoms with E-state index < -0.39 is 17.6 Å². The number of benzene rings is 1. The summed E-state index contributed by atoms with van der Waals surface area (Å²) < 4.78 is 43.1. The van der Waals surface area contributed by atoms with Crippen LogP contribution in [0.25, 0.3) is 11.3 Å². The van der Waals surface area contributed by atoms with Crippen molar-refractivity contribution in [2.45, 2.75) is 6.18 Å². The molecule has 3 aromatic rings. The smallest absolute Gasteiger partial charge is 0.355 e. The van der Waals surface area contributed by atoms with Crippen LogP contribution in [-0.2, 0) is 6.18 Å². The zero-order chi connectivity index (χ0) is 17.2. The van der Waals surface area contributed by atoms with Crippen LogP contribution >= 0.6 is 0 Å². The summed E-state index contributed by atoms with van der Waals surface area (Å²) in [6, 6.07) is 9.14. The molecular weight excluding hydrogens is 323 g/mol. The number of pyridine rings is 1. The number of nitrogens with one attached hydrogen (secondary N) is 1. The fraction of sp³-hybridized carbons (Fsp3) is 0.0625. The van der Waals surface area contributed by atoms with E-state index in [1.54, 1.807) is 18.3 Å². The van der Waals surface area contributed by atoms with Crippen LogP contribution in [-0.4, -0.2) is 16.0 Å². The molecule has 5 nitrogen and oxygen atoms in total. The summed E-state index contributed by atoms with van der Waals surface area (Å²) in [5, 5.41) is 5.98. The predicted molar refractivity (Wildman–Crippen MR) is 79.1 cm³/mol. The number of halogens is 3. The molecule has 0 fully saturated rings. The SMILES string of the molecule is O=C(Nc1cccc(C(F)(F)F)c1)c1cc(-c2cccnc2)on1. The first-order valence-electron chi connectivity index (χ1n) is 6.79. The zero-order valence-electron chi connectivity index (χ0n) is 12.0. The highest BCUT2D eigenvalue weighted by atomic mass is 19.4. The van der Waals surface area contributed by atoms with Crippen molar-refractivity contribution < 1.29 is 22.5 Å². The number of anilines is 1. The van der Waals surface area contributed by atoms with Gasteiger partial charge in [-0.05, 0) is 30.3 Å². The van der Waals surface area contributed by atoms with E-state index in [1.165, 1.54) is 24.4 Å². The minimum Gasteiger partial charge on any atom is -0.355 e. The van der Waals surface area contributed by atoms with Crippen molar-refractivity contribution in [1.82, 2.24) is 10.1 Å². The van der Waals surface area contributed by atoms with Crippen molar-refractivity contribution in [3.05, 3.63) is 66.1 Å². The lowest BCUT2D eigenvalue weighted by Gasteiger charge is -2.08. The molecule has 0 atom stereocenters. The van der Waals surface area contributed by atoms with E-state index in [0.29, 0.717) is 11.3 Å². The Hall–Kier alpha value is -3.16. The molecule has 2 aromatic heterocycles. The molecule has 24 heavy (non-hydrogen) atoms. The lowest BCUT2D eigenvalue weighted by molar-refractivity contribution is -0.137. The average molecular weight is 333 g/mol. The monoisotopic (exact) mass is 333 g/mol. The molecule has 0 bridgehead atoms. The Morgan fingerprint density at radius 3 is 2.67 bits per heavy atom. The molecule has 1 aromatic carbocycles. The van der Waals surface area contributed by atoms with E-state index in [1.807, 2.05) is 0 Å². The van der Waals surface area contributed by atoms with E-state index in [9.17, 15) is 18.0 Å². The molecule has 122 valence electrons. The average Bonchev–Trinajstić information content (AvgIpc) is 3.05. The Morgan fingerprint density at radius 2 is 1.96 bits per heavy atom. The molecule has 0 radical (unpaired) electrons. The third kappa shape index (κ3) is 3.43. The summed E-state index contributed by atoms with van der Waals surface area (Å²) in [6.45, 7) is 0. The maximum atomic E-state index is 12.7. The van der Waals surface area contributed by atoms with E-state index in [4.69, 9.17) is 4.52 Å². The number of carbonyl (C=O) groups excluding carboxylic acids is 1. The van der Waals surface area contributed by atoms with Gasteiger partial charge < -0.3 is 9.84 Å². The standard InChI is InChI=1S/C16H10F3N3O2/c17-16(18,19)11-4-1-5-12(7-11)21-15(23)13-8-14(24-22-13)10-3-2-6-20-9-10/h1-9H,(H,21,23). The van der Waals surface area contributed by atoms with E-state index >= 15 is 0 Å². The second kappa shape index (κ2) is 6.15. The van der Waals surface area contributed by atoms with Gasteiger partial charge in [0.25, 0.3) is 5.91 Å². The molecule has 0 aliphatic carbocycles. The topological polar surface area (TPSA) is 68.0 Å². The molecule has 0 unspecified atom stereocenters. The Balaban J connectivity index is 1.78. The van der Waals surface area contributed by atoms with Crippen molar-refractivity contribution in [1.29, 1.82) is 0 Å². The quantitative estimate of drug-likeness (QED) is 0.786. The molecule has 0 aliphatic rings. The third-order valence-corrected chi connectivity index (χ3v) is 3.14. The molecule has 0 spiro atoms. The lowest BCUT2D eigenvalue weighted by Crippen LogP contribution is -2.13. The van der Waals surface area contributed by atoms with Gasteiger partial charge in [0.05, 0.1) is 5.56 Å². The van der Waals surface area contributed by atoms with Gasteiger partial charge in [-0.25, -0.2) is 0 Å². The minimum atomic E-state index is -4.48. The van der Waals surface area contributed by atoms with E-state index in [2.05, 4.69) is 15.5 Å². The van der Waals surface area contributed by atoms with Gasteiger partial charge in [-0.3, -0.25) is 9.78 Å². The van der Waals surface area contributed by atoms with Crippen LogP contribution < -0.4 is 5.32 Å². The molecule has 0 saturated carbocycles. The van der Waals surface area contributed by atoms with Crippen LogP contribution in [0.4, 0.5) is 18.9 Å². The summed E-state index contributed by atoms with van der Waals surface area (Å²) in [5.41, 5.74) is -0.258. The summed E-state index contributed by atoms with van der Waals surface area (Å²) in [4.78, 5) is 16.0. The highest BCUT2D eigenvalue weighted by molar-refractivity contribution is 6.03. The van der Waals surface area contributed by atoms with Gasteiger partial charge in [0, 0.05) is 29.7 Å². The Morgan fingerprint density at radius 1 is 1.12 bits per heavy atom. The number of amides is 1. The fourth-order valence-electron chi connectivity index (χ4n) is 2.00. The summed E-state index contributed by atoms with van der Waals surface area (Å²) >= 11 is 0. The van der Waals surface area contributed by atoms with Crippen LogP contribution in [0.15, 0.2) is 59.4 Å². The zero-order valence-corrected chi connectivity index (χ0v) is 12.0. The first-order valence-corrected chi connectivity index (χ1v) is 6.79. The van der Waals surface area contributed by atoms with Crippen molar-refractivity contribution in [2.24, 2.45) is 0 Å². The van der Waals surface area contributed by atoms with Gasteiger partial charge in [0.1, 0.15) is 0 Å². The molecular formula is C16H10F3N3O2. The van der Waals surface area contributed by atoms with Gasteiger partial charge in [-0.2, -0.15) is 13.2 Å². The molecule has 8 heteroatoms. The molecule has 0 aliphatic heterocycles. The van der Waals surface area contributed by atoms with Crippen molar-refractivity contribution in [2.75, 3.05) is 5.32 Å². The van der Waals surface area contributed by atoms with Gasteiger partial charge in [0.2, 0.25) is 0 Å². The van der Waals surface area contributed by atoms with Gasteiger partial charge in [0.15, 0.2) is 11.5 Å². The number of hydrogen-bond donors (Lipinski definition) is 1. The number of aromatic nitrogens is 2. The Labute approximate surface area is 134 Å². The first-order chi connectivity index (χ1) is 11.4. The molecule has 1 amide bonds. The predicted octanol–water partition coefficient (Wildman–Crippen LogP) is 4.01. The molecule has 3 rings (SSSR count). The number of alkyl halides is 3. The summed E-state index contributed by atoms with van der Waals surface area (Å²) in [7, 11) is 0. The normalized spacial score (nSPS) is 11.3. The number of carbonyl (C=O) groups is 1. The van der Waals surface area contributed by atoms with Crippen molar-refractivity contribution >= 4 is 11.6 Å². The molecule has 0 saturated heterocycles. The van der Waals surface area contributed by atoms with Crippen LogP contribution in [0.1, 0.15) is 16.1 Å². The van der Waals surface area contributed by atoms with E-state index in [0.717, 1.165) is 12.1 Å². The highest BCUT2D eigenvalue weighted by Gasteiger charge is 2.30. The van der Waals surface area contributed by atoms with Gasteiger partial charge in [-0.15, -0.1) is 0 Å². The largest absolute Gasteiger partial charge is 0.416 e. The number of hydrogen-bond acceptors (Lipinski definition) is 4. The third-order valence-electron chi connectivity index (χ3n) is 3.14. The maximum absolute atomic E-state index is 12.7. The summed E-state index contributed by atoms with van der Waals surface area (Å²) in [6.07, 6.45) is -1.36. The highest BCUT2D eigenvalue weighted by Crippen LogP contribution is 2.30. The Kier molecular flexibility index (Phi) is 4.03. The van der Waals surface area contributed by atoms with Crippen LogP contribution in [0.3, 0.4) is 0 Å². The van der Waals surface area contributed by atoms with Crippen LogP contribution in [0.5, 0.6) is 0 Å². The Bertz CT molecular complexity index is 860.